The molecule has 0 saturated carbocycles. The van der Waals surface area contributed by atoms with Crippen molar-refractivity contribution in [2.24, 2.45) is 5.92 Å². The highest BCUT2D eigenvalue weighted by Crippen LogP contribution is 2.32. The zero-order valence-electron chi connectivity index (χ0n) is 16.2. The van der Waals surface area contributed by atoms with E-state index >= 15 is 0 Å². The normalized spacial score (nSPS) is 20.7. The van der Waals surface area contributed by atoms with Gasteiger partial charge in [0.25, 0.3) is 5.91 Å². The number of amides is 3. The molecule has 7 nitrogen and oxygen atoms in total. The van der Waals surface area contributed by atoms with Crippen molar-refractivity contribution in [3.05, 3.63) is 54.1 Å². The average Bonchev–Trinajstić information content (AvgIpc) is 3.09. The van der Waals surface area contributed by atoms with Gasteiger partial charge < -0.3 is 20.3 Å². The van der Waals surface area contributed by atoms with Crippen LogP contribution in [0.25, 0.3) is 0 Å². The second-order valence-corrected chi connectivity index (χ2v) is 7.43. The summed E-state index contributed by atoms with van der Waals surface area (Å²) in [4.78, 5) is 38.5. The highest BCUT2D eigenvalue weighted by molar-refractivity contribution is 6.00. The number of fused-ring (bicyclic) bond motifs is 1. The van der Waals surface area contributed by atoms with E-state index in [0.29, 0.717) is 30.2 Å². The van der Waals surface area contributed by atoms with Gasteiger partial charge in [0, 0.05) is 25.2 Å². The van der Waals surface area contributed by atoms with Gasteiger partial charge in [0.2, 0.25) is 11.8 Å². The molecule has 3 amide bonds. The Balaban J connectivity index is 1.35. The molecular weight excluding hydrogens is 370 g/mol. The molecule has 0 aliphatic carbocycles. The Bertz CT molecular complexity index is 944. The van der Waals surface area contributed by atoms with Crippen molar-refractivity contribution in [1.29, 1.82) is 0 Å². The predicted octanol–water partition coefficient (Wildman–Crippen LogP) is 2.44. The SMILES string of the molecule is C[C@@H]1Oc2ccc(NC(=O)[C@@H]3CC(=O)N(CCc4ccccc4)C3)cc2NC1=O. The highest BCUT2D eigenvalue weighted by Gasteiger charge is 2.34. The number of nitrogens with zero attached hydrogens (tertiary/aromatic N) is 1. The first kappa shape index (κ1) is 19.0. The van der Waals surface area contributed by atoms with Crippen molar-refractivity contribution >= 4 is 29.1 Å². The van der Waals surface area contributed by atoms with Gasteiger partial charge in [0.15, 0.2) is 6.10 Å². The lowest BCUT2D eigenvalue weighted by Crippen LogP contribution is -2.34. The number of hydrogen-bond donors (Lipinski definition) is 2. The Labute approximate surface area is 169 Å². The summed E-state index contributed by atoms with van der Waals surface area (Å²) in [5.74, 6) is -0.243. The fraction of sp³-hybridized carbons (Fsp3) is 0.318. The second kappa shape index (κ2) is 7.95. The molecule has 2 aliphatic heterocycles. The molecule has 0 spiro atoms. The predicted molar refractivity (Wildman–Crippen MR) is 109 cm³/mol. The fourth-order valence-electron chi connectivity index (χ4n) is 3.60. The minimum atomic E-state index is -0.547. The molecule has 2 aromatic carbocycles. The number of nitrogens with one attached hydrogen (secondary N) is 2. The van der Waals surface area contributed by atoms with Crippen LogP contribution in [0.4, 0.5) is 11.4 Å². The summed E-state index contributed by atoms with van der Waals surface area (Å²) < 4.78 is 5.52. The monoisotopic (exact) mass is 393 g/mol. The lowest BCUT2D eigenvalue weighted by molar-refractivity contribution is -0.128. The maximum Gasteiger partial charge on any atom is 0.265 e. The summed E-state index contributed by atoms with van der Waals surface area (Å²) >= 11 is 0. The summed E-state index contributed by atoms with van der Waals surface area (Å²) in [5, 5.41) is 5.61. The van der Waals surface area contributed by atoms with E-state index in [9.17, 15) is 14.4 Å². The molecule has 7 heteroatoms. The van der Waals surface area contributed by atoms with E-state index in [0.717, 1.165) is 6.42 Å². The minimum Gasteiger partial charge on any atom is -0.479 e. The molecular formula is C22H23N3O4. The second-order valence-electron chi connectivity index (χ2n) is 7.43. The Morgan fingerprint density at radius 1 is 1.21 bits per heavy atom. The Morgan fingerprint density at radius 2 is 2.00 bits per heavy atom. The number of anilines is 2. The molecule has 2 N–H and O–H groups in total. The van der Waals surface area contributed by atoms with Gasteiger partial charge in [-0.25, -0.2) is 0 Å². The number of hydrogen-bond acceptors (Lipinski definition) is 4. The van der Waals surface area contributed by atoms with Crippen LogP contribution < -0.4 is 15.4 Å². The maximum atomic E-state index is 12.7. The van der Waals surface area contributed by atoms with Crippen LogP contribution >= 0.6 is 0 Å². The third-order valence-electron chi connectivity index (χ3n) is 5.28. The van der Waals surface area contributed by atoms with Crippen molar-refractivity contribution in [3.8, 4) is 5.75 Å². The summed E-state index contributed by atoms with van der Waals surface area (Å²) in [5.41, 5.74) is 2.25. The van der Waals surface area contributed by atoms with Crippen molar-refractivity contribution in [3.63, 3.8) is 0 Å². The van der Waals surface area contributed by atoms with Gasteiger partial charge in [-0.2, -0.15) is 0 Å². The van der Waals surface area contributed by atoms with E-state index in [-0.39, 0.29) is 30.1 Å². The first-order valence-electron chi connectivity index (χ1n) is 9.74. The van der Waals surface area contributed by atoms with E-state index in [1.165, 1.54) is 5.56 Å². The highest BCUT2D eigenvalue weighted by atomic mass is 16.5. The lowest BCUT2D eigenvalue weighted by atomic mass is 10.1. The maximum absolute atomic E-state index is 12.7. The van der Waals surface area contributed by atoms with Crippen LogP contribution in [0, 0.1) is 5.92 Å². The fourth-order valence-corrected chi connectivity index (χ4v) is 3.60. The van der Waals surface area contributed by atoms with Crippen molar-refractivity contribution < 1.29 is 19.1 Å². The van der Waals surface area contributed by atoms with Gasteiger partial charge in [0.1, 0.15) is 5.75 Å². The van der Waals surface area contributed by atoms with Gasteiger partial charge >= 0.3 is 0 Å². The van der Waals surface area contributed by atoms with Gasteiger partial charge in [0.05, 0.1) is 11.6 Å². The summed E-state index contributed by atoms with van der Waals surface area (Å²) in [6.45, 7) is 2.70. The van der Waals surface area contributed by atoms with E-state index < -0.39 is 6.10 Å². The van der Waals surface area contributed by atoms with E-state index in [4.69, 9.17) is 4.74 Å². The number of ether oxygens (including phenoxy) is 1. The topological polar surface area (TPSA) is 87.7 Å². The molecule has 0 bridgehead atoms. The van der Waals surface area contributed by atoms with Crippen molar-refractivity contribution in [1.82, 2.24) is 4.90 Å². The number of carbonyl (C=O) groups is 3. The molecule has 2 aromatic rings. The van der Waals surface area contributed by atoms with Crippen LogP contribution in [0.15, 0.2) is 48.5 Å². The van der Waals surface area contributed by atoms with Gasteiger partial charge in [-0.1, -0.05) is 30.3 Å². The average molecular weight is 393 g/mol. The van der Waals surface area contributed by atoms with E-state index in [1.807, 2.05) is 30.3 Å². The number of likely N-dealkylation sites (tertiary alicyclic amines) is 1. The van der Waals surface area contributed by atoms with Crippen LogP contribution in [0.1, 0.15) is 18.9 Å². The molecule has 2 atom stereocenters. The van der Waals surface area contributed by atoms with Crippen LogP contribution in [-0.4, -0.2) is 41.8 Å². The number of benzene rings is 2. The lowest BCUT2D eigenvalue weighted by Gasteiger charge is -2.24. The van der Waals surface area contributed by atoms with E-state index in [1.54, 1.807) is 30.0 Å². The molecule has 1 saturated heterocycles. The molecule has 2 heterocycles. The molecule has 150 valence electrons. The quantitative estimate of drug-likeness (QED) is 0.817. The van der Waals surface area contributed by atoms with Gasteiger partial charge in [-0.15, -0.1) is 0 Å². The first-order chi connectivity index (χ1) is 14.0. The summed E-state index contributed by atoms with van der Waals surface area (Å²) in [6, 6.07) is 15.1. The molecule has 29 heavy (non-hydrogen) atoms. The molecule has 0 aromatic heterocycles. The largest absolute Gasteiger partial charge is 0.479 e. The molecule has 1 fully saturated rings. The summed E-state index contributed by atoms with van der Waals surface area (Å²) in [6.07, 6.45) is 0.432. The van der Waals surface area contributed by atoms with Crippen LogP contribution in [0.5, 0.6) is 5.75 Å². The summed E-state index contributed by atoms with van der Waals surface area (Å²) in [7, 11) is 0. The number of rotatable bonds is 5. The molecule has 0 unspecified atom stereocenters. The number of carbonyl (C=O) groups excluding carboxylic acids is 3. The zero-order chi connectivity index (χ0) is 20.4. The van der Waals surface area contributed by atoms with Gasteiger partial charge in [-0.05, 0) is 37.1 Å². The van der Waals surface area contributed by atoms with Crippen LogP contribution in [-0.2, 0) is 20.8 Å². The minimum absolute atomic E-state index is 0.00109. The third kappa shape index (κ3) is 4.23. The molecule has 2 aliphatic rings. The Hall–Kier alpha value is -3.35. The Morgan fingerprint density at radius 3 is 2.79 bits per heavy atom. The van der Waals surface area contributed by atoms with Crippen LogP contribution in [0.2, 0.25) is 0 Å². The van der Waals surface area contributed by atoms with Gasteiger partial charge in [-0.3, -0.25) is 14.4 Å². The molecule has 0 radical (unpaired) electrons. The Kier molecular flexibility index (Phi) is 5.20. The van der Waals surface area contributed by atoms with Crippen molar-refractivity contribution in [2.45, 2.75) is 25.9 Å². The van der Waals surface area contributed by atoms with E-state index in [2.05, 4.69) is 10.6 Å². The zero-order valence-corrected chi connectivity index (χ0v) is 16.2. The third-order valence-corrected chi connectivity index (χ3v) is 5.28. The van der Waals surface area contributed by atoms with Crippen LogP contribution in [0.3, 0.4) is 0 Å². The molecule has 4 rings (SSSR count). The standard InChI is InChI=1S/C22H23N3O4/c1-14-21(27)24-18-12-17(7-8-19(18)29-14)23-22(28)16-11-20(26)25(13-16)10-9-15-5-3-2-4-6-15/h2-8,12,14,16H,9-11,13H2,1H3,(H,23,28)(H,24,27)/t14-,16+/m0/s1. The van der Waals surface area contributed by atoms with Crippen molar-refractivity contribution in [2.75, 3.05) is 23.7 Å². The first-order valence-corrected chi connectivity index (χ1v) is 9.74. The smallest absolute Gasteiger partial charge is 0.265 e.